The smallest absolute Gasteiger partial charge is 0.165 e. The van der Waals surface area contributed by atoms with Gasteiger partial charge >= 0.3 is 0 Å². The summed E-state index contributed by atoms with van der Waals surface area (Å²) in [7, 11) is 0. The number of nitrogens with zero attached hydrogens (tertiary/aromatic N) is 3. The maximum Gasteiger partial charge on any atom is 0.165 e. The third kappa shape index (κ3) is 2.92. The first-order chi connectivity index (χ1) is 12.2. The highest BCUT2D eigenvalue weighted by molar-refractivity contribution is 5.80. The van der Waals surface area contributed by atoms with Crippen LogP contribution in [0.25, 0.3) is 16.8 Å². The molecule has 2 heterocycles. The molecule has 124 valence electrons. The number of hydrogen-bond acceptors (Lipinski definition) is 4. The fraction of sp³-hybridized carbons (Fsp3) is 0.100. The van der Waals surface area contributed by atoms with Gasteiger partial charge in [-0.2, -0.15) is 9.61 Å². The van der Waals surface area contributed by atoms with Crippen LogP contribution in [0.3, 0.4) is 0 Å². The Hall–Kier alpha value is -3.34. The Morgan fingerprint density at radius 3 is 2.40 bits per heavy atom. The second kappa shape index (κ2) is 6.28. The van der Waals surface area contributed by atoms with Gasteiger partial charge in [0, 0.05) is 11.8 Å². The van der Waals surface area contributed by atoms with E-state index in [0.717, 1.165) is 33.9 Å². The summed E-state index contributed by atoms with van der Waals surface area (Å²) in [5.41, 5.74) is 10.5. The van der Waals surface area contributed by atoms with Crippen molar-refractivity contribution in [3.05, 3.63) is 78.1 Å². The predicted molar refractivity (Wildman–Crippen MR) is 98.3 cm³/mol. The van der Waals surface area contributed by atoms with Crippen LogP contribution >= 0.6 is 0 Å². The Morgan fingerprint density at radius 2 is 1.68 bits per heavy atom. The molecule has 0 unspecified atom stereocenters. The van der Waals surface area contributed by atoms with Crippen LogP contribution in [-0.2, 0) is 6.61 Å². The molecule has 5 nitrogen and oxygen atoms in total. The molecule has 0 amide bonds. The number of para-hydroxylation sites is 1. The summed E-state index contributed by atoms with van der Waals surface area (Å²) < 4.78 is 7.59. The van der Waals surface area contributed by atoms with Crippen molar-refractivity contribution in [3.8, 4) is 16.9 Å². The van der Waals surface area contributed by atoms with E-state index >= 15 is 0 Å². The highest BCUT2D eigenvalue weighted by Crippen LogP contribution is 2.29. The minimum atomic E-state index is 0.343. The van der Waals surface area contributed by atoms with Crippen LogP contribution in [-0.4, -0.2) is 14.6 Å². The molecule has 0 fully saturated rings. The van der Waals surface area contributed by atoms with Crippen LogP contribution in [0.1, 0.15) is 11.4 Å². The molecule has 0 saturated carbocycles. The van der Waals surface area contributed by atoms with Gasteiger partial charge in [-0.05, 0) is 24.6 Å². The molecule has 0 aliphatic heterocycles. The summed E-state index contributed by atoms with van der Waals surface area (Å²) in [5.74, 6) is 1.36. The number of aromatic nitrogens is 3. The van der Waals surface area contributed by atoms with Crippen molar-refractivity contribution in [2.75, 3.05) is 5.73 Å². The molecule has 0 aliphatic rings. The molecule has 0 bridgehead atoms. The number of ether oxygens (including phenoxy) is 1. The number of nitrogens with two attached hydrogens (primary N) is 1. The molecule has 2 N–H and O–H groups in total. The van der Waals surface area contributed by atoms with E-state index in [0.29, 0.717) is 12.4 Å². The van der Waals surface area contributed by atoms with E-state index in [4.69, 9.17) is 10.5 Å². The summed E-state index contributed by atoms with van der Waals surface area (Å²) >= 11 is 0. The zero-order chi connectivity index (χ0) is 17.2. The highest BCUT2D eigenvalue weighted by Gasteiger charge is 2.18. The maximum absolute atomic E-state index is 6.14. The Labute approximate surface area is 145 Å². The number of benzene rings is 2. The molecule has 0 saturated heterocycles. The molecule has 25 heavy (non-hydrogen) atoms. The van der Waals surface area contributed by atoms with E-state index in [2.05, 4.69) is 10.1 Å². The lowest BCUT2D eigenvalue weighted by Gasteiger charge is -2.06. The Morgan fingerprint density at radius 1 is 1.00 bits per heavy atom. The van der Waals surface area contributed by atoms with Crippen LogP contribution in [0, 0.1) is 6.92 Å². The van der Waals surface area contributed by atoms with Crippen molar-refractivity contribution in [2.24, 2.45) is 0 Å². The van der Waals surface area contributed by atoms with E-state index in [1.807, 2.05) is 73.7 Å². The highest BCUT2D eigenvalue weighted by atomic mass is 16.5. The Kier molecular flexibility index (Phi) is 3.82. The van der Waals surface area contributed by atoms with Crippen LogP contribution in [0.5, 0.6) is 5.75 Å². The molecule has 0 radical (unpaired) electrons. The van der Waals surface area contributed by atoms with Gasteiger partial charge in [-0.3, -0.25) is 0 Å². The number of hydrogen-bond donors (Lipinski definition) is 1. The van der Waals surface area contributed by atoms with Gasteiger partial charge < -0.3 is 10.5 Å². The molecule has 4 rings (SSSR count). The van der Waals surface area contributed by atoms with Crippen molar-refractivity contribution >= 4 is 11.5 Å². The van der Waals surface area contributed by atoms with Crippen LogP contribution < -0.4 is 10.5 Å². The average molecular weight is 330 g/mol. The lowest BCUT2D eigenvalue weighted by atomic mass is 10.1. The molecule has 5 heteroatoms. The second-order valence-electron chi connectivity index (χ2n) is 5.85. The van der Waals surface area contributed by atoms with E-state index in [9.17, 15) is 0 Å². The summed E-state index contributed by atoms with van der Waals surface area (Å²) in [6.45, 7) is 2.27. The predicted octanol–water partition coefficient (Wildman–Crippen LogP) is 3.87. The molecular weight excluding hydrogens is 312 g/mol. The molecule has 0 atom stereocenters. The first-order valence-corrected chi connectivity index (χ1v) is 8.10. The number of fused-ring (bicyclic) bond motifs is 1. The van der Waals surface area contributed by atoms with Crippen molar-refractivity contribution in [2.45, 2.75) is 13.5 Å². The molecule has 2 aromatic heterocycles. The van der Waals surface area contributed by atoms with Crippen molar-refractivity contribution in [1.82, 2.24) is 14.6 Å². The molecule has 0 spiro atoms. The van der Waals surface area contributed by atoms with Crippen molar-refractivity contribution in [1.29, 1.82) is 0 Å². The zero-order valence-electron chi connectivity index (χ0n) is 13.9. The average Bonchev–Trinajstić information content (AvgIpc) is 3.00. The number of aryl methyl sites for hydroxylation is 1. The third-order valence-corrected chi connectivity index (χ3v) is 4.00. The Balaban J connectivity index is 1.83. The first-order valence-electron chi connectivity index (χ1n) is 8.10. The monoisotopic (exact) mass is 330 g/mol. The van der Waals surface area contributed by atoms with Gasteiger partial charge in [0.15, 0.2) is 5.65 Å². The minimum Gasteiger partial charge on any atom is -0.487 e. The fourth-order valence-electron chi connectivity index (χ4n) is 2.88. The Bertz CT molecular complexity index is 1010. The summed E-state index contributed by atoms with van der Waals surface area (Å²) in [5, 5.41) is 4.65. The molecule has 2 aromatic carbocycles. The quantitative estimate of drug-likeness (QED) is 0.617. The lowest BCUT2D eigenvalue weighted by molar-refractivity contribution is 0.301. The lowest BCUT2D eigenvalue weighted by Crippen LogP contribution is -2.02. The van der Waals surface area contributed by atoms with Gasteiger partial charge in [0.05, 0.1) is 5.56 Å². The van der Waals surface area contributed by atoms with Crippen molar-refractivity contribution < 1.29 is 4.74 Å². The minimum absolute atomic E-state index is 0.343. The molecular formula is C20H18N4O. The SMILES string of the molecule is Cc1cc(N)n2nc(COc3ccccc3)c(-c3ccccc3)c2n1. The molecule has 0 aliphatic carbocycles. The molecule has 4 aromatic rings. The van der Waals surface area contributed by atoms with Crippen LogP contribution in [0.2, 0.25) is 0 Å². The van der Waals surface area contributed by atoms with Gasteiger partial charge in [-0.25, -0.2) is 4.98 Å². The maximum atomic E-state index is 6.14. The van der Waals surface area contributed by atoms with Gasteiger partial charge in [-0.15, -0.1) is 0 Å². The van der Waals surface area contributed by atoms with Crippen LogP contribution in [0.15, 0.2) is 66.7 Å². The number of anilines is 1. The van der Waals surface area contributed by atoms with Gasteiger partial charge in [0.1, 0.15) is 23.9 Å². The van der Waals surface area contributed by atoms with E-state index in [1.54, 1.807) is 4.52 Å². The van der Waals surface area contributed by atoms with E-state index in [-0.39, 0.29) is 0 Å². The van der Waals surface area contributed by atoms with Crippen LogP contribution in [0.4, 0.5) is 5.82 Å². The zero-order valence-corrected chi connectivity index (χ0v) is 13.9. The number of nitrogen functional groups attached to an aromatic ring is 1. The largest absolute Gasteiger partial charge is 0.487 e. The third-order valence-electron chi connectivity index (χ3n) is 4.00. The summed E-state index contributed by atoms with van der Waals surface area (Å²) in [6, 6.07) is 21.6. The normalized spacial score (nSPS) is 10.9. The van der Waals surface area contributed by atoms with Gasteiger partial charge in [-0.1, -0.05) is 48.5 Å². The van der Waals surface area contributed by atoms with Gasteiger partial charge in [0.25, 0.3) is 0 Å². The summed E-state index contributed by atoms with van der Waals surface area (Å²) in [4.78, 5) is 4.65. The topological polar surface area (TPSA) is 65.4 Å². The standard InChI is InChI=1S/C20H18N4O/c1-14-12-18(21)24-20(22-14)19(15-8-4-2-5-9-15)17(23-24)13-25-16-10-6-3-7-11-16/h2-12H,13,21H2,1H3. The first kappa shape index (κ1) is 15.2. The van der Waals surface area contributed by atoms with E-state index < -0.39 is 0 Å². The van der Waals surface area contributed by atoms with Gasteiger partial charge in [0.2, 0.25) is 0 Å². The van der Waals surface area contributed by atoms with E-state index in [1.165, 1.54) is 0 Å². The number of rotatable bonds is 4. The summed E-state index contributed by atoms with van der Waals surface area (Å²) in [6.07, 6.45) is 0. The van der Waals surface area contributed by atoms with Crippen molar-refractivity contribution in [3.63, 3.8) is 0 Å². The fourth-order valence-corrected chi connectivity index (χ4v) is 2.88. The second-order valence-corrected chi connectivity index (χ2v) is 5.85.